The second-order valence-corrected chi connectivity index (χ2v) is 9.56. The Bertz CT molecular complexity index is 759. The maximum absolute atomic E-state index is 12.1. The second kappa shape index (κ2) is 9.50. The summed E-state index contributed by atoms with van der Waals surface area (Å²) in [6.45, 7) is 7.10. The minimum Gasteiger partial charge on any atom is -0.494 e. The van der Waals surface area contributed by atoms with Gasteiger partial charge in [0.05, 0.1) is 6.61 Å². The van der Waals surface area contributed by atoms with E-state index >= 15 is 0 Å². The van der Waals surface area contributed by atoms with Gasteiger partial charge in [-0.05, 0) is 42.4 Å². The number of hydrogen-bond acceptors (Lipinski definition) is 5. The summed E-state index contributed by atoms with van der Waals surface area (Å²) in [4.78, 5) is 12.1. The second-order valence-electron chi connectivity index (χ2n) is 8.55. The van der Waals surface area contributed by atoms with Crippen LogP contribution in [0.25, 0.3) is 0 Å². The molecule has 0 bridgehead atoms. The van der Waals surface area contributed by atoms with Crippen molar-refractivity contribution in [1.29, 1.82) is 0 Å². The molecule has 1 N–H and O–H groups in total. The van der Waals surface area contributed by atoms with Crippen molar-refractivity contribution in [3.8, 4) is 5.75 Å². The molecule has 0 unspecified atom stereocenters. The number of aromatic nitrogens is 2. The molecule has 1 amide bonds. The molecule has 1 aliphatic rings. The number of benzene rings is 1. The number of anilines is 1. The van der Waals surface area contributed by atoms with Crippen molar-refractivity contribution in [3.05, 3.63) is 34.8 Å². The average Bonchev–Trinajstić information content (AvgIpc) is 3.14. The first-order chi connectivity index (χ1) is 13.4. The largest absolute Gasteiger partial charge is 0.494 e. The fourth-order valence-electron chi connectivity index (χ4n) is 3.46. The molecular weight excluding hydrogens is 370 g/mol. The van der Waals surface area contributed by atoms with Crippen LogP contribution in [0, 0.1) is 0 Å². The maximum Gasteiger partial charge on any atom is 0.226 e. The van der Waals surface area contributed by atoms with Gasteiger partial charge in [-0.25, -0.2) is 0 Å². The predicted molar refractivity (Wildman–Crippen MR) is 114 cm³/mol. The highest BCUT2D eigenvalue weighted by atomic mass is 32.1. The van der Waals surface area contributed by atoms with Crippen LogP contribution in [0.2, 0.25) is 0 Å². The lowest BCUT2D eigenvalue weighted by Crippen LogP contribution is -2.13. The van der Waals surface area contributed by atoms with Crippen molar-refractivity contribution >= 4 is 22.4 Å². The Kier molecular flexibility index (Phi) is 7.05. The molecule has 1 heterocycles. The number of hydrogen-bond donors (Lipinski definition) is 1. The minimum atomic E-state index is -0.0296. The van der Waals surface area contributed by atoms with Gasteiger partial charge in [0.25, 0.3) is 0 Å². The molecule has 0 radical (unpaired) electrons. The topological polar surface area (TPSA) is 64.1 Å². The SMILES string of the molecule is CC(C)(C)c1ccc(OCCCC(=O)Nc2nnc(C3CCCCC3)s2)cc1. The maximum atomic E-state index is 12.1. The smallest absolute Gasteiger partial charge is 0.226 e. The van der Waals surface area contributed by atoms with Crippen LogP contribution < -0.4 is 10.1 Å². The van der Waals surface area contributed by atoms with Gasteiger partial charge < -0.3 is 10.1 Å². The third-order valence-corrected chi connectivity index (χ3v) is 6.18. The standard InChI is InChI=1S/C22H31N3O2S/c1-22(2,3)17-11-13-18(14-12-17)27-15-7-10-19(26)23-21-25-24-20(28-21)16-8-5-4-6-9-16/h11-14,16H,4-10,15H2,1-3H3,(H,23,25,26). The van der Waals surface area contributed by atoms with Crippen molar-refractivity contribution in [2.75, 3.05) is 11.9 Å². The first-order valence-electron chi connectivity index (χ1n) is 10.3. The summed E-state index contributed by atoms with van der Waals surface area (Å²) in [6.07, 6.45) is 7.32. The molecule has 5 nitrogen and oxygen atoms in total. The summed E-state index contributed by atoms with van der Waals surface area (Å²) in [5, 5.41) is 13.0. The van der Waals surface area contributed by atoms with E-state index in [9.17, 15) is 4.79 Å². The van der Waals surface area contributed by atoms with Gasteiger partial charge in [-0.15, -0.1) is 10.2 Å². The van der Waals surface area contributed by atoms with E-state index in [0.29, 0.717) is 30.5 Å². The van der Waals surface area contributed by atoms with Crippen LogP contribution in [-0.4, -0.2) is 22.7 Å². The molecule has 28 heavy (non-hydrogen) atoms. The van der Waals surface area contributed by atoms with E-state index in [0.717, 1.165) is 10.8 Å². The number of nitrogens with one attached hydrogen (secondary N) is 1. The molecule has 1 fully saturated rings. The molecule has 152 valence electrons. The van der Waals surface area contributed by atoms with E-state index in [-0.39, 0.29) is 11.3 Å². The lowest BCUT2D eigenvalue weighted by molar-refractivity contribution is -0.116. The van der Waals surface area contributed by atoms with Gasteiger partial charge in [0.2, 0.25) is 11.0 Å². The molecule has 6 heteroatoms. The number of carbonyl (C=O) groups is 1. The van der Waals surface area contributed by atoms with Gasteiger partial charge in [0.15, 0.2) is 0 Å². The summed E-state index contributed by atoms with van der Waals surface area (Å²) in [6, 6.07) is 8.19. The van der Waals surface area contributed by atoms with E-state index in [1.54, 1.807) is 0 Å². The zero-order chi connectivity index (χ0) is 20.0. The molecular formula is C22H31N3O2S. The molecule has 0 saturated heterocycles. The van der Waals surface area contributed by atoms with E-state index in [1.165, 1.54) is 49.0 Å². The molecule has 1 aliphatic carbocycles. The molecule has 0 atom stereocenters. The fraction of sp³-hybridized carbons (Fsp3) is 0.591. The Morgan fingerprint density at radius 2 is 1.86 bits per heavy atom. The van der Waals surface area contributed by atoms with Crippen LogP contribution in [-0.2, 0) is 10.2 Å². The first-order valence-corrected chi connectivity index (χ1v) is 11.1. The Balaban J connectivity index is 1.37. The van der Waals surface area contributed by atoms with E-state index in [1.807, 2.05) is 12.1 Å². The van der Waals surface area contributed by atoms with Crippen LogP contribution in [0.3, 0.4) is 0 Å². The molecule has 0 aliphatic heterocycles. The third-order valence-electron chi connectivity index (χ3n) is 5.18. The molecule has 3 rings (SSSR count). The first kappa shape index (κ1) is 20.8. The molecule has 2 aromatic rings. The predicted octanol–water partition coefficient (Wildman–Crippen LogP) is 5.68. The number of ether oxygens (including phenoxy) is 1. The van der Waals surface area contributed by atoms with E-state index < -0.39 is 0 Å². The fourth-order valence-corrected chi connectivity index (χ4v) is 4.38. The average molecular weight is 402 g/mol. The van der Waals surface area contributed by atoms with Gasteiger partial charge in [0, 0.05) is 12.3 Å². The molecule has 0 spiro atoms. The summed E-state index contributed by atoms with van der Waals surface area (Å²) in [5.74, 6) is 1.34. The van der Waals surface area contributed by atoms with Crippen molar-refractivity contribution in [2.24, 2.45) is 0 Å². The van der Waals surface area contributed by atoms with Gasteiger partial charge in [-0.3, -0.25) is 4.79 Å². The Labute approximate surface area is 171 Å². The van der Waals surface area contributed by atoms with Gasteiger partial charge in [-0.2, -0.15) is 0 Å². The van der Waals surface area contributed by atoms with Crippen molar-refractivity contribution in [1.82, 2.24) is 10.2 Å². The van der Waals surface area contributed by atoms with E-state index in [4.69, 9.17) is 4.74 Å². The summed E-state index contributed by atoms with van der Waals surface area (Å²) < 4.78 is 5.75. The summed E-state index contributed by atoms with van der Waals surface area (Å²) in [5.41, 5.74) is 1.42. The normalized spacial score (nSPS) is 15.4. The van der Waals surface area contributed by atoms with Crippen LogP contribution in [0.5, 0.6) is 5.75 Å². The van der Waals surface area contributed by atoms with Crippen molar-refractivity contribution < 1.29 is 9.53 Å². The Hall–Kier alpha value is -1.95. The quantitative estimate of drug-likeness (QED) is 0.606. The monoisotopic (exact) mass is 401 g/mol. The summed E-state index contributed by atoms with van der Waals surface area (Å²) in [7, 11) is 0. The van der Waals surface area contributed by atoms with E-state index in [2.05, 4.69) is 48.4 Å². The minimum absolute atomic E-state index is 0.0296. The van der Waals surface area contributed by atoms with Crippen LogP contribution in [0.15, 0.2) is 24.3 Å². The molecule has 1 aromatic heterocycles. The number of carbonyl (C=O) groups excluding carboxylic acids is 1. The van der Waals surface area contributed by atoms with Crippen molar-refractivity contribution in [3.63, 3.8) is 0 Å². The number of amides is 1. The van der Waals surface area contributed by atoms with Crippen LogP contribution >= 0.6 is 11.3 Å². The Morgan fingerprint density at radius 1 is 1.14 bits per heavy atom. The van der Waals surface area contributed by atoms with Crippen molar-refractivity contribution in [2.45, 2.75) is 77.0 Å². The zero-order valence-corrected chi connectivity index (χ0v) is 18.0. The molecule has 1 saturated carbocycles. The van der Waals surface area contributed by atoms with Gasteiger partial charge in [-0.1, -0.05) is 63.5 Å². The Morgan fingerprint density at radius 3 is 2.54 bits per heavy atom. The van der Waals surface area contributed by atoms with Gasteiger partial charge in [0.1, 0.15) is 10.8 Å². The third kappa shape index (κ3) is 6.03. The van der Waals surface area contributed by atoms with Crippen LogP contribution in [0.4, 0.5) is 5.13 Å². The zero-order valence-electron chi connectivity index (χ0n) is 17.2. The highest BCUT2D eigenvalue weighted by Gasteiger charge is 2.20. The number of nitrogens with zero attached hydrogens (tertiary/aromatic N) is 2. The highest BCUT2D eigenvalue weighted by molar-refractivity contribution is 7.15. The lowest BCUT2D eigenvalue weighted by atomic mass is 9.87. The van der Waals surface area contributed by atoms with Gasteiger partial charge >= 0.3 is 0 Å². The summed E-state index contributed by atoms with van der Waals surface area (Å²) >= 11 is 1.52. The number of rotatable bonds is 7. The molecule has 1 aromatic carbocycles. The lowest BCUT2D eigenvalue weighted by Gasteiger charge is -2.19. The highest BCUT2D eigenvalue weighted by Crippen LogP contribution is 2.35. The van der Waals surface area contributed by atoms with Crippen LogP contribution in [0.1, 0.15) is 82.2 Å².